The first-order valence-electron chi connectivity index (χ1n) is 4.53. The largest absolute Gasteiger partial charge is 0.291 e. The van der Waals surface area contributed by atoms with Gasteiger partial charge in [-0.1, -0.05) is 0 Å². The number of benzene rings is 1. The second-order valence-electron chi connectivity index (χ2n) is 3.13. The molecule has 93 valence electrons. The van der Waals surface area contributed by atoms with E-state index in [0.29, 0.717) is 0 Å². The molecule has 1 heterocycles. The third kappa shape index (κ3) is 2.60. The van der Waals surface area contributed by atoms with E-state index in [-0.39, 0.29) is 21.4 Å². The van der Waals surface area contributed by atoms with Crippen molar-refractivity contribution in [3.8, 4) is 0 Å². The molecule has 0 aliphatic carbocycles. The maximum Gasteiger partial charge on any atom is 0.291 e. The van der Waals surface area contributed by atoms with Crippen LogP contribution in [-0.2, 0) is 10.0 Å². The van der Waals surface area contributed by atoms with Gasteiger partial charge in [0.25, 0.3) is 15.7 Å². The predicted molar refractivity (Wildman–Crippen MR) is 63.5 cm³/mol. The number of nitrogens with one attached hydrogen (secondary N) is 1. The van der Waals surface area contributed by atoms with E-state index in [1.165, 1.54) is 24.3 Å². The number of hydrogen-bond acceptors (Lipinski definition) is 6. The van der Waals surface area contributed by atoms with E-state index in [9.17, 15) is 13.3 Å². The van der Waals surface area contributed by atoms with Crippen LogP contribution in [0.2, 0.25) is 0 Å². The predicted octanol–water partition coefficient (Wildman–Crippen LogP) is 0.423. The molecular formula is C8H7N5O3S2+. The van der Waals surface area contributed by atoms with Crippen LogP contribution in [0.1, 0.15) is 0 Å². The van der Waals surface area contributed by atoms with E-state index in [4.69, 9.17) is 5.84 Å². The fourth-order valence-electron chi connectivity index (χ4n) is 1.14. The van der Waals surface area contributed by atoms with Crippen LogP contribution < -0.4 is 10.6 Å². The van der Waals surface area contributed by atoms with Crippen LogP contribution in [0.15, 0.2) is 29.2 Å². The Morgan fingerprint density at radius 3 is 2.50 bits per heavy atom. The highest BCUT2D eigenvalue weighted by molar-refractivity contribution is 7.92. The van der Waals surface area contributed by atoms with Crippen LogP contribution in [0.4, 0.5) is 11.6 Å². The standard InChI is InChI=1S/C8H7N5O3S2/c9-13(14)6-1-3-7(4-2-6)18(15,16)12-8-10-5-17-11-8/h1-4H,(H2,9,14)(H,11,12)/q+1. The summed E-state index contributed by atoms with van der Waals surface area (Å²) in [4.78, 5) is 14.5. The smallest absolute Gasteiger partial charge is 0.246 e. The van der Waals surface area contributed by atoms with Crippen molar-refractivity contribution in [2.75, 3.05) is 4.72 Å². The number of nitrogens with zero attached hydrogens (tertiary/aromatic N) is 3. The van der Waals surface area contributed by atoms with Gasteiger partial charge in [0.1, 0.15) is 0 Å². The lowest BCUT2D eigenvalue weighted by Gasteiger charge is -2.03. The third-order valence-corrected chi connectivity index (χ3v) is 3.73. The maximum absolute atomic E-state index is 11.9. The SMILES string of the molecule is N[N+](=O)c1ccc(S(=O)(=O)Nc2n[c]sn2)cc1. The molecule has 1 aromatic carbocycles. The number of hydrogen-bond donors (Lipinski definition) is 2. The Morgan fingerprint density at radius 2 is 2.00 bits per heavy atom. The van der Waals surface area contributed by atoms with Gasteiger partial charge in [0.15, 0.2) is 10.4 Å². The molecule has 0 spiro atoms. The zero-order valence-electron chi connectivity index (χ0n) is 8.77. The van der Waals surface area contributed by atoms with Crippen LogP contribution in [0.3, 0.4) is 0 Å². The van der Waals surface area contributed by atoms with Gasteiger partial charge >= 0.3 is 0 Å². The zero-order valence-corrected chi connectivity index (χ0v) is 10.4. The van der Waals surface area contributed by atoms with E-state index >= 15 is 0 Å². The fourth-order valence-corrected chi connectivity index (χ4v) is 2.48. The van der Waals surface area contributed by atoms with Crippen molar-refractivity contribution in [3.63, 3.8) is 0 Å². The average Bonchev–Trinajstić information content (AvgIpc) is 2.81. The fraction of sp³-hybridized carbons (Fsp3) is 0. The van der Waals surface area contributed by atoms with Gasteiger partial charge in [-0.05, 0) is 23.7 Å². The topological polar surface area (TPSA) is 118 Å². The number of nitroso groups, excluding NO2 is 1. The molecule has 0 atom stereocenters. The summed E-state index contributed by atoms with van der Waals surface area (Å²) in [7, 11) is -3.78. The molecule has 0 aliphatic heterocycles. The monoisotopic (exact) mass is 285 g/mol. The van der Waals surface area contributed by atoms with Crippen molar-refractivity contribution in [1.29, 1.82) is 0 Å². The van der Waals surface area contributed by atoms with Crippen molar-refractivity contribution >= 4 is 33.2 Å². The van der Waals surface area contributed by atoms with Gasteiger partial charge < -0.3 is 0 Å². The number of rotatable bonds is 4. The highest BCUT2D eigenvalue weighted by atomic mass is 32.2. The molecule has 0 fully saturated rings. The van der Waals surface area contributed by atoms with Crippen molar-refractivity contribution in [2.24, 2.45) is 5.84 Å². The summed E-state index contributed by atoms with van der Waals surface area (Å²) in [5.41, 5.74) is 2.56. The van der Waals surface area contributed by atoms with Gasteiger partial charge in [-0.15, -0.1) is 0 Å². The van der Waals surface area contributed by atoms with Crippen molar-refractivity contribution in [1.82, 2.24) is 9.36 Å². The Bertz CT molecular complexity index is 651. The molecule has 1 radical (unpaired) electrons. The molecule has 18 heavy (non-hydrogen) atoms. The summed E-state index contributed by atoms with van der Waals surface area (Å²) < 4.78 is 29.6. The average molecular weight is 285 g/mol. The molecule has 2 aromatic rings. The van der Waals surface area contributed by atoms with E-state index in [1.807, 2.05) is 0 Å². The molecule has 1 aromatic heterocycles. The molecule has 8 nitrogen and oxygen atoms in total. The molecule has 10 heteroatoms. The van der Waals surface area contributed by atoms with E-state index in [0.717, 1.165) is 11.5 Å². The Hall–Kier alpha value is -2.07. The van der Waals surface area contributed by atoms with Gasteiger partial charge in [-0.2, -0.15) is 15.2 Å². The highest BCUT2D eigenvalue weighted by Crippen LogP contribution is 2.17. The molecule has 2 rings (SSSR count). The van der Waals surface area contributed by atoms with Gasteiger partial charge in [0.2, 0.25) is 5.95 Å². The van der Waals surface area contributed by atoms with Gasteiger partial charge in [0, 0.05) is 12.1 Å². The van der Waals surface area contributed by atoms with Gasteiger partial charge in [-0.3, -0.25) is 0 Å². The van der Waals surface area contributed by atoms with Crippen LogP contribution in [0.25, 0.3) is 0 Å². The highest BCUT2D eigenvalue weighted by Gasteiger charge is 2.18. The molecular weight excluding hydrogens is 278 g/mol. The minimum atomic E-state index is -3.78. The van der Waals surface area contributed by atoms with Crippen LogP contribution in [0, 0.1) is 10.4 Å². The summed E-state index contributed by atoms with van der Waals surface area (Å²) in [6, 6.07) is 5.10. The Morgan fingerprint density at radius 1 is 1.33 bits per heavy atom. The number of nitrogens with two attached hydrogens (primary N) is 1. The van der Waals surface area contributed by atoms with Crippen molar-refractivity contribution in [3.05, 3.63) is 34.7 Å². The first-order valence-corrected chi connectivity index (χ1v) is 6.79. The quantitative estimate of drug-likeness (QED) is 0.477. The zero-order chi connectivity index (χ0) is 13.2. The number of aromatic nitrogens is 2. The first-order chi connectivity index (χ1) is 8.49. The molecule has 0 saturated carbocycles. The van der Waals surface area contributed by atoms with Gasteiger partial charge in [0.05, 0.1) is 9.80 Å². The summed E-state index contributed by atoms with van der Waals surface area (Å²) in [5, 5.41) is 0. The van der Waals surface area contributed by atoms with Crippen molar-refractivity contribution < 1.29 is 13.3 Å². The molecule has 0 unspecified atom stereocenters. The lowest BCUT2D eigenvalue weighted by Crippen LogP contribution is -2.14. The Labute approximate surface area is 106 Å². The molecule has 0 amide bonds. The van der Waals surface area contributed by atoms with E-state index < -0.39 is 10.0 Å². The summed E-state index contributed by atoms with van der Waals surface area (Å²) in [5.74, 6) is 4.92. The number of anilines is 1. The Kier molecular flexibility index (Phi) is 3.21. The van der Waals surface area contributed by atoms with Crippen LogP contribution in [0.5, 0.6) is 0 Å². The van der Waals surface area contributed by atoms with E-state index in [2.05, 4.69) is 19.6 Å². The lowest BCUT2D eigenvalue weighted by molar-refractivity contribution is -0.474. The molecule has 0 saturated heterocycles. The van der Waals surface area contributed by atoms with Gasteiger partial charge in [-0.25, -0.2) is 13.1 Å². The molecule has 0 aliphatic rings. The summed E-state index contributed by atoms with van der Waals surface area (Å²) >= 11 is 0.904. The van der Waals surface area contributed by atoms with E-state index in [1.54, 1.807) is 0 Å². The molecule has 3 N–H and O–H groups in total. The minimum Gasteiger partial charge on any atom is -0.246 e. The maximum atomic E-state index is 11.9. The molecule has 0 bridgehead atoms. The second-order valence-corrected chi connectivity index (χ2v) is 5.36. The lowest BCUT2D eigenvalue weighted by atomic mass is 10.3. The minimum absolute atomic E-state index is 0.0251. The van der Waals surface area contributed by atoms with Crippen LogP contribution in [-0.4, -0.2) is 22.6 Å². The summed E-state index contributed by atoms with van der Waals surface area (Å²) in [6.45, 7) is 0. The number of hydrazine groups is 1. The summed E-state index contributed by atoms with van der Waals surface area (Å²) in [6.07, 6.45) is 0. The first kappa shape index (κ1) is 12.4. The third-order valence-electron chi connectivity index (χ3n) is 1.95. The Balaban J connectivity index is 2.27. The number of sulfonamides is 1. The van der Waals surface area contributed by atoms with Crippen molar-refractivity contribution in [2.45, 2.75) is 4.90 Å². The van der Waals surface area contributed by atoms with Crippen LogP contribution >= 0.6 is 11.5 Å². The normalized spacial score (nSPS) is 11.1. The second kappa shape index (κ2) is 4.66.